The summed E-state index contributed by atoms with van der Waals surface area (Å²) >= 11 is 0. The van der Waals surface area contributed by atoms with Crippen LogP contribution in [-0.4, -0.2) is 52.1 Å². The van der Waals surface area contributed by atoms with Crippen LogP contribution in [0.5, 0.6) is 0 Å². The number of hydrogen-bond donors (Lipinski definition) is 4. The number of carbonyl (C=O) groups is 2. The van der Waals surface area contributed by atoms with Crippen molar-refractivity contribution < 1.29 is 27.5 Å². The van der Waals surface area contributed by atoms with Gasteiger partial charge in [-0.25, -0.2) is 14.8 Å². The van der Waals surface area contributed by atoms with Crippen LogP contribution in [0.4, 0.5) is 29.6 Å². The number of hydrogen-bond acceptors (Lipinski definition) is 7. The molecule has 0 saturated carbocycles. The van der Waals surface area contributed by atoms with Gasteiger partial charge < -0.3 is 20.4 Å². The number of nitrogens with zero attached hydrogens (tertiary/aromatic N) is 2. The lowest BCUT2D eigenvalue weighted by Crippen LogP contribution is -2.50. The first kappa shape index (κ1) is 25.4. The summed E-state index contributed by atoms with van der Waals surface area (Å²) in [4.78, 5) is 35.2. The first-order chi connectivity index (χ1) is 16.9. The quantitative estimate of drug-likeness (QED) is 0.362. The molecule has 0 radical (unpaired) electrons. The molecule has 36 heavy (non-hydrogen) atoms. The molecule has 12 heteroatoms. The highest BCUT2D eigenvalue weighted by Crippen LogP contribution is 2.40. The van der Waals surface area contributed by atoms with E-state index in [0.29, 0.717) is 11.9 Å². The van der Waals surface area contributed by atoms with E-state index in [1.165, 1.54) is 32.4 Å². The maximum atomic E-state index is 13.9. The predicted molar refractivity (Wildman–Crippen MR) is 129 cm³/mol. The molecule has 1 unspecified atom stereocenters. The average Bonchev–Trinajstić information content (AvgIpc) is 3.23. The fourth-order valence-electron chi connectivity index (χ4n) is 4.32. The van der Waals surface area contributed by atoms with Gasteiger partial charge in [0.25, 0.3) is 0 Å². The number of Topliss-reactive ketones (excluding diaryl/α,β-unsaturated/α-hetero) is 1. The Bertz CT molecular complexity index is 1310. The molecule has 0 aliphatic carbocycles. The van der Waals surface area contributed by atoms with Gasteiger partial charge in [-0.3, -0.25) is 10.1 Å². The Morgan fingerprint density at radius 3 is 2.61 bits per heavy atom. The molecule has 4 N–H and O–H groups in total. The molecule has 192 valence electrons. The minimum Gasteiger partial charge on any atom is -0.453 e. The van der Waals surface area contributed by atoms with Gasteiger partial charge in [-0.15, -0.1) is 0 Å². The smallest absolute Gasteiger partial charge is 0.419 e. The number of amides is 1. The standard InChI is InChI=1S/C24H27F3N6O3/c1-12(34)18-17(32-22(35)36-4)6-5-14-15(10-28-20(14)18)19-16(24(25,26)27)11-29-21(33-19)31-13-7-8-23(2,3)30-9-13/h5-6,10-11,13,28,30H,7-9H2,1-4H3,(H,32,35)(H,29,31,33). The second-order valence-corrected chi connectivity index (χ2v) is 9.38. The van der Waals surface area contributed by atoms with Crippen molar-refractivity contribution >= 4 is 34.4 Å². The third-order valence-electron chi connectivity index (χ3n) is 6.26. The third kappa shape index (κ3) is 5.13. The highest BCUT2D eigenvalue weighted by Gasteiger charge is 2.36. The molecule has 9 nitrogen and oxygen atoms in total. The molecule has 4 rings (SSSR count). The zero-order valence-corrected chi connectivity index (χ0v) is 20.3. The molecule has 3 aromatic rings. The molecule has 1 aliphatic heterocycles. The molecular weight excluding hydrogens is 477 g/mol. The Morgan fingerprint density at radius 1 is 1.25 bits per heavy atom. The van der Waals surface area contributed by atoms with Crippen LogP contribution in [0.1, 0.15) is 49.5 Å². The van der Waals surface area contributed by atoms with E-state index in [4.69, 9.17) is 0 Å². The fraction of sp³-hybridized carbons (Fsp3) is 0.417. The molecule has 1 aromatic carbocycles. The molecule has 2 aromatic heterocycles. The highest BCUT2D eigenvalue weighted by atomic mass is 19.4. The number of rotatable bonds is 5. The maximum absolute atomic E-state index is 13.9. The molecule has 1 saturated heterocycles. The summed E-state index contributed by atoms with van der Waals surface area (Å²) in [6, 6.07) is 2.92. The van der Waals surface area contributed by atoms with Crippen LogP contribution in [0.3, 0.4) is 0 Å². The number of aromatic nitrogens is 3. The predicted octanol–water partition coefficient (Wildman–Crippen LogP) is 4.97. The van der Waals surface area contributed by atoms with Crippen LogP contribution < -0.4 is 16.0 Å². The largest absolute Gasteiger partial charge is 0.453 e. The van der Waals surface area contributed by atoms with Gasteiger partial charge in [-0.05, 0) is 39.7 Å². The molecular formula is C24H27F3N6O3. The molecule has 1 fully saturated rings. The summed E-state index contributed by atoms with van der Waals surface area (Å²) in [6.07, 6.45) is -1.66. The zero-order chi connectivity index (χ0) is 26.3. The minimum absolute atomic E-state index is 0.00955. The van der Waals surface area contributed by atoms with Gasteiger partial charge >= 0.3 is 12.3 Å². The van der Waals surface area contributed by atoms with Crippen molar-refractivity contribution in [1.29, 1.82) is 0 Å². The van der Waals surface area contributed by atoms with Gasteiger partial charge in [0, 0.05) is 41.5 Å². The first-order valence-electron chi connectivity index (χ1n) is 11.4. The van der Waals surface area contributed by atoms with E-state index in [1.54, 1.807) is 0 Å². The number of methoxy groups -OCH3 is 1. The Morgan fingerprint density at radius 2 is 2.00 bits per heavy atom. The Kier molecular flexibility index (Phi) is 6.65. The molecule has 1 aliphatic rings. The topological polar surface area (TPSA) is 121 Å². The second kappa shape index (κ2) is 9.41. The van der Waals surface area contributed by atoms with Gasteiger partial charge in [0.2, 0.25) is 5.95 Å². The number of carbonyl (C=O) groups excluding carboxylic acids is 2. The monoisotopic (exact) mass is 504 g/mol. The lowest BCUT2D eigenvalue weighted by Gasteiger charge is -2.36. The third-order valence-corrected chi connectivity index (χ3v) is 6.26. The van der Waals surface area contributed by atoms with E-state index in [0.717, 1.165) is 19.0 Å². The van der Waals surface area contributed by atoms with Crippen molar-refractivity contribution in [3.8, 4) is 11.3 Å². The van der Waals surface area contributed by atoms with Crippen LogP contribution in [0, 0.1) is 0 Å². The summed E-state index contributed by atoms with van der Waals surface area (Å²) in [7, 11) is 1.18. The number of piperidine rings is 1. The van der Waals surface area contributed by atoms with E-state index >= 15 is 0 Å². The Labute approximate surface area is 205 Å². The van der Waals surface area contributed by atoms with Crippen molar-refractivity contribution in [3.63, 3.8) is 0 Å². The molecule has 3 heterocycles. The number of aromatic amines is 1. The number of ketones is 1. The minimum atomic E-state index is -4.70. The summed E-state index contributed by atoms with van der Waals surface area (Å²) in [5, 5.41) is 9.33. The molecule has 0 bridgehead atoms. The van der Waals surface area contributed by atoms with E-state index in [9.17, 15) is 22.8 Å². The number of fused-ring (bicyclic) bond motifs is 1. The summed E-state index contributed by atoms with van der Waals surface area (Å²) in [5.74, 6) is -0.316. The molecule has 1 amide bonds. The second-order valence-electron chi connectivity index (χ2n) is 9.38. The Hall–Kier alpha value is -3.67. The van der Waals surface area contributed by atoms with Gasteiger partial charge in [-0.1, -0.05) is 6.07 Å². The summed E-state index contributed by atoms with van der Waals surface area (Å²) in [5.41, 5.74) is -0.629. The number of anilines is 2. The van der Waals surface area contributed by atoms with Crippen molar-refractivity contribution in [2.24, 2.45) is 0 Å². The SMILES string of the molecule is COC(=O)Nc1ccc2c(-c3nc(NC4CCC(C)(C)NC4)ncc3C(F)(F)F)c[nH]c2c1C(C)=O. The lowest BCUT2D eigenvalue weighted by atomic mass is 9.91. The number of ether oxygens (including phenoxy) is 1. The highest BCUT2D eigenvalue weighted by molar-refractivity contribution is 6.14. The van der Waals surface area contributed by atoms with Gasteiger partial charge in [0.05, 0.1) is 29.6 Å². The average molecular weight is 505 g/mol. The van der Waals surface area contributed by atoms with Crippen LogP contribution in [0.25, 0.3) is 22.2 Å². The van der Waals surface area contributed by atoms with Crippen molar-refractivity contribution in [2.75, 3.05) is 24.3 Å². The Balaban J connectivity index is 1.78. The molecule has 0 spiro atoms. The van der Waals surface area contributed by atoms with E-state index in [1.807, 2.05) is 0 Å². The lowest BCUT2D eigenvalue weighted by molar-refractivity contribution is -0.137. The van der Waals surface area contributed by atoms with Gasteiger partial charge in [0.15, 0.2) is 5.78 Å². The number of benzene rings is 1. The van der Waals surface area contributed by atoms with Crippen LogP contribution in [0.15, 0.2) is 24.5 Å². The number of nitrogens with one attached hydrogen (secondary N) is 4. The van der Waals surface area contributed by atoms with E-state index < -0.39 is 23.6 Å². The fourth-order valence-corrected chi connectivity index (χ4v) is 4.32. The molecule has 1 atom stereocenters. The van der Waals surface area contributed by atoms with Crippen LogP contribution in [-0.2, 0) is 10.9 Å². The normalized spacial score (nSPS) is 17.6. The summed E-state index contributed by atoms with van der Waals surface area (Å²) < 4.78 is 46.4. The van der Waals surface area contributed by atoms with Crippen molar-refractivity contribution in [1.82, 2.24) is 20.3 Å². The number of alkyl halides is 3. The number of H-pyrrole nitrogens is 1. The first-order valence-corrected chi connectivity index (χ1v) is 11.4. The van der Waals surface area contributed by atoms with Gasteiger partial charge in [-0.2, -0.15) is 13.2 Å². The van der Waals surface area contributed by atoms with Crippen molar-refractivity contribution in [2.45, 2.75) is 51.4 Å². The van der Waals surface area contributed by atoms with E-state index in [-0.39, 0.29) is 45.6 Å². The van der Waals surface area contributed by atoms with E-state index in [2.05, 4.69) is 49.5 Å². The summed E-state index contributed by atoms with van der Waals surface area (Å²) in [6.45, 7) is 6.10. The number of halogens is 3. The van der Waals surface area contributed by atoms with Crippen LogP contribution in [0.2, 0.25) is 0 Å². The van der Waals surface area contributed by atoms with Crippen LogP contribution >= 0.6 is 0 Å². The maximum Gasteiger partial charge on any atom is 0.419 e. The van der Waals surface area contributed by atoms with Crippen molar-refractivity contribution in [3.05, 3.63) is 35.7 Å². The van der Waals surface area contributed by atoms with Gasteiger partial charge in [0.1, 0.15) is 5.56 Å². The zero-order valence-electron chi connectivity index (χ0n) is 20.3.